The van der Waals surface area contributed by atoms with Crippen LogP contribution in [0, 0.1) is 0 Å². The summed E-state index contributed by atoms with van der Waals surface area (Å²) < 4.78 is 20.3. The Balaban J connectivity index is 1.94. The molecule has 24 heavy (non-hydrogen) atoms. The number of methoxy groups -OCH3 is 1. The molecule has 2 fully saturated rings. The third-order valence-corrected chi connectivity index (χ3v) is 4.11. The number of ether oxygens (including phenoxy) is 4. The summed E-state index contributed by atoms with van der Waals surface area (Å²) in [5.41, 5.74) is 0. The first-order valence-corrected chi connectivity index (χ1v) is 7.45. The summed E-state index contributed by atoms with van der Waals surface area (Å²) in [4.78, 5) is 0. The van der Waals surface area contributed by atoms with Gasteiger partial charge in [0.1, 0.15) is 48.8 Å². The zero-order chi connectivity index (χ0) is 18.0. The zero-order valence-corrected chi connectivity index (χ0v) is 13.0. The molecule has 0 aromatic heterocycles. The summed E-state index contributed by atoms with van der Waals surface area (Å²) >= 11 is 0. The first-order valence-electron chi connectivity index (χ1n) is 7.45. The van der Waals surface area contributed by atoms with Gasteiger partial charge in [-0.25, -0.2) is 0 Å². The molecule has 0 saturated carbocycles. The van der Waals surface area contributed by atoms with Crippen LogP contribution < -0.4 is 0 Å². The van der Waals surface area contributed by atoms with Crippen molar-refractivity contribution in [2.45, 2.75) is 61.4 Å². The van der Waals surface area contributed by atoms with Crippen molar-refractivity contribution in [3.63, 3.8) is 0 Å². The summed E-state index contributed by atoms with van der Waals surface area (Å²) in [5, 5.41) is 67.7. The van der Waals surface area contributed by atoms with Gasteiger partial charge in [-0.05, 0) is 0 Å². The Hall–Kier alpha value is -0.440. The van der Waals surface area contributed by atoms with E-state index in [1.54, 1.807) is 0 Å². The summed E-state index contributed by atoms with van der Waals surface area (Å²) in [7, 11) is 1.36. The molecule has 4 unspecified atom stereocenters. The minimum Gasteiger partial charge on any atom is -0.387 e. The van der Waals surface area contributed by atoms with Crippen LogP contribution in [-0.2, 0) is 18.9 Å². The van der Waals surface area contributed by atoms with Crippen molar-refractivity contribution in [3.8, 4) is 0 Å². The standard InChI is InChI=1S/C13H24O11/c1-21-2-4-6(14)9(17)11(19)13(24-4)22-3-5-7(15)8(16)10(18)12(20)23-5/h4-20H,2-3H2,1H3/t4?,5?,6-,7-,8+,9+,10?,11?,12+,13-/m1/s1. The largest absolute Gasteiger partial charge is 0.387 e. The van der Waals surface area contributed by atoms with Crippen LogP contribution in [-0.4, -0.2) is 117 Å². The molecule has 2 heterocycles. The van der Waals surface area contributed by atoms with E-state index in [9.17, 15) is 35.7 Å². The normalized spacial score (nSPS) is 50.0. The van der Waals surface area contributed by atoms with Crippen molar-refractivity contribution >= 4 is 0 Å². The second-order valence-corrected chi connectivity index (χ2v) is 5.84. The van der Waals surface area contributed by atoms with Gasteiger partial charge in [-0.3, -0.25) is 0 Å². The zero-order valence-electron chi connectivity index (χ0n) is 13.0. The molecule has 0 aliphatic carbocycles. The van der Waals surface area contributed by atoms with Crippen molar-refractivity contribution in [1.29, 1.82) is 0 Å². The van der Waals surface area contributed by atoms with Crippen molar-refractivity contribution in [2.75, 3.05) is 20.3 Å². The molecular weight excluding hydrogens is 332 g/mol. The van der Waals surface area contributed by atoms with Crippen LogP contribution in [0.1, 0.15) is 0 Å². The molecule has 2 saturated heterocycles. The Kier molecular flexibility index (Phi) is 6.87. The molecule has 0 spiro atoms. The lowest BCUT2D eigenvalue weighted by Gasteiger charge is -2.42. The van der Waals surface area contributed by atoms with Gasteiger partial charge in [-0.1, -0.05) is 0 Å². The molecule has 0 bridgehead atoms. The van der Waals surface area contributed by atoms with Crippen molar-refractivity contribution in [1.82, 2.24) is 0 Å². The van der Waals surface area contributed by atoms with Gasteiger partial charge >= 0.3 is 0 Å². The smallest absolute Gasteiger partial charge is 0.186 e. The van der Waals surface area contributed by atoms with Crippen LogP contribution in [0.25, 0.3) is 0 Å². The van der Waals surface area contributed by atoms with E-state index in [-0.39, 0.29) is 6.61 Å². The summed E-state index contributed by atoms with van der Waals surface area (Å²) in [6.07, 6.45) is -14.6. The van der Waals surface area contributed by atoms with Gasteiger partial charge in [0.05, 0.1) is 13.2 Å². The van der Waals surface area contributed by atoms with E-state index in [0.29, 0.717) is 0 Å². The predicted octanol–water partition coefficient (Wildman–Crippen LogP) is -4.74. The Morgan fingerprint density at radius 3 is 1.79 bits per heavy atom. The van der Waals surface area contributed by atoms with E-state index in [4.69, 9.17) is 18.9 Å². The Morgan fingerprint density at radius 1 is 0.667 bits per heavy atom. The van der Waals surface area contributed by atoms with Crippen LogP contribution in [0.3, 0.4) is 0 Å². The van der Waals surface area contributed by atoms with Gasteiger partial charge in [-0.2, -0.15) is 0 Å². The van der Waals surface area contributed by atoms with E-state index in [0.717, 1.165) is 0 Å². The quantitative estimate of drug-likeness (QED) is 0.251. The number of hydrogen-bond donors (Lipinski definition) is 7. The molecule has 2 rings (SSSR count). The van der Waals surface area contributed by atoms with Gasteiger partial charge in [0.2, 0.25) is 0 Å². The summed E-state index contributed by atoms with van der Waals surface area (Å²) in [5.74, 6) is 0. The topological polar surface area (TPSA) is 179 Å². The average Bonchev–Trinajstić information content (AvgIpc) is 2.56. The highest BCUT2D eigenvalue weighted by molar-refractivity contribution is 4.91. The first kappa shape index (κ1) is 19.9. The highest BCUT2D eigenvalue weighted by Crippen LogP contribution is 2.25. The Bertz CT molecular complexity index is 396. The molecule has 0 aromatic carbocycles. The predicted molar refractivity (Wildman–Crippen MR) is 73.4 cm³/mol. The van der Waals surface area contributed by atoms with Crippen molar-refractivity contribution in [3.05, 3.63) is 0 Å². The van der Waals surface area contributed by atoms with Crippen LogP contribution in [0.5, 0.6) is 0 Å². The molecule has 11 heteroatoms. The van der Waals surface area contributed by atoms with Crippen LogP contribution in [0.15, 0.2) is 0 Å². The lowest BCUT2D eigenvalue weighted by atomic mass is 9.98. The highest BCUT2D eigenvalue weighted by Gasteiger charge is 2.46. The average molecular weight is 356 g/mol. The van der Waals surface area contributed by atoms with E-state index < -0.39 is 68.0 Å². The fourth-order valence-electron chi connectivity index (χ4n) is 2.61. The van der Waals surface area contributed by atoms with Crippen LogP contribution in [0.2, 0.25) is 0 Å². The minimum atomic E-state index is -1.72. The lowest BCUT2D eigenvalue weighted by molar-refractivity contribution is -0.326. The molecule has 142 valence electrons. The third kappa shape index (κ3) is 4.03. The third-order valence-electron chi connectivity index (χ3n) is 4.11. The maximum absolute atomic E-state index is 9.89. The molecule has 11 nitrogen and oxygen atoms in total. The van der Waals surface area contributed by atoms with E-state index in [1.165, 1.54) is 7.11 Å². The molecule has 7 N–H and O–H groups in total. The minimum absolute atomic E-state index is 0.0586. The summed E-state index contributed by atoms with van der Waals surface area (Å²) in [6.45, 7) is -0.483. The maximum atomic E-state index is 9.89. The van der Waals surface area contributed by atoms with Crippen LogP contribution >= 0.6 is 0 Å². The van der Waals surface area contributed by atoms with Crippen molar-refractivity contribution < 1.29 is 54.7 Å². The highest BCUT2D eigenvalue weighted by atomic mass is 16.7. The molecule has 0 aromatic rings. The second kappa shape index (κ2) is 8.29. The number of hydrogen-bond acceptors (Lipinski definition) is 11. The fourth-order valence-corrected chi connectivity index (χ4v) is 2.61. The van der Waals surface area contributed by atoms with E-state index in [1.807, 2.05) is 0 Å². The molecule has 0 amide bonds. The second-order valence-electron chi connectivity index (χ2n) is 5.84. The SMILES string of the molecule is COCC1O[C@@H](OCC2O[C@H](O)C(O)[C@@H](O)[C@@H]2O)C(O)[C@@H](O)[C@@H]1O. The van der Waals surface area contributed by atoms with Gasteiger partial charge < -0.3 is 54.7 Å². The number of aliphatic hydroxyl groups excluding tert-OH is 7. The molecule has 10 atom stereocenters. The lowest BCUT2D eigenvalue weighted by Crippen LogP contribution is -2.61. The van der Waals surface area contributed by atoms with Gasteiger partial charge in [0.15, 0.2) is 12.6 Å². The monoisotopic (exact) mass is 356 g/mol. The molecule has 0 radical (unpaired) electrons. The summed E-state index contributed by atoms with van der Waals surface area (Å²) in [6, 6.07) is 0. The molecule has 2 aliphatic heterocycles. The van der Waals surface area contributed by atoms with Gasteiger partial charge in [-0.15, -0.1) is 0 Å². The molecule has 2 aliphatic rings. The number of rotatable bonds is 5. The van der Waals surface area contributed by atoms with Crippen molar-refractivity contribution in [2.24, 2.45) is 0 Å². The first-order chi connectivity index (χ1) is 11.3. The van der Waals surface area contributed by atoms with Crippen LogP contribution in [0.4, 0.5) is 0 Å². The maximum Gasteiger partial charge on any atom is 0.186 e. The fraction of sp³-hybridized carbons (Fsp3) is 1.00. The Labute approximate surface area is 137 Å². The van der Waals surface area contributed by atoms with E-state index in [2.05, 4.69) is 0 Å². The van der Waals surface area contributed by atoms with Gasteiger partial charge in [0, 0.05) is 7.11 Å². The molecular formula is C13H24O11. The number of aliphatic hydroxyl groups is 7. The Morgan fingerprint density at radius 2 is 1.21 bits per heavy atom. The van der Waals surface area contributed by atoms with Gasteiger partial charge in [0.25, 0.3) is 0 Å². The van der Waals surface area contributed by atoms with E-state index >= 15 is 0 Å².